The predicted octanol–water partition coefficient (Wildman–Crippen LogP) is 6.89. The van der Waals surface area contributed by atoms with Crippen molar-refractivity contribution < 1.29 is 4.74 Å². The Morgan fingerprint density at radius 3 is 2.61 bits per heavy atom. The first-order chi connectivity index (χ1) is 13.5. The minimum Gasteiger partial charge on any atom is -0.467 e. The molecule has 3 nitrogen and oxygen atoms in total. The lowest BCUT2D eigenvalue weighted by Crippen LogP contribution is -2.43. The molecule has 0 unspecified atom stereocenters. The number of hydrazone groups is 1. The van der Waals surface area contributed by atoms with Crippen LogP contribution in [0.1, 0.15) is 37.4 Å². The Bertz CT molecular complexity index is 1110. The predicted molar refractivity (Wildman–Crippen MR) is 121 cm³/mol. The van der Waals surface area contributed by atoms with Crippen molar-refractivity contribution in [2.75, 3.05) is 0 Å². The number of ether oxygens (including phenoxy) is 1. The van der Waals surface area contributed by atoms with Gasteiger partial charge < -0.3 is 4.74 Å². The zero-order valence-corrected chi connectivity index (χ0v) is 18.9. The topological polar surface area (TPSA) is 24.8 Å². The van der Waals surface area contributed by atoms with Crippen LogP contribution in [0.2, 0.25) is 0 Å². The van der Waals surface area contributed by atoms with Crippen LogP contribution in [0.25, 0.3) is 10.8 Å². The SMILES string of the molecule is CC(C)[C@H]1Oc2c(Br)cc(Br)cc2[C@H]2CC(c3ccc4ccccc4c3)=NN21. The van der Waals surface area contributed by atoms with Gasteiger partial charge in [-0.1, -0.05) is 66.2 Å². The number of benzene rings is 3. The van der Waals surface area contributed by atoms with E-state index in [1.807, 2.05) is 6.07 Å². The number of nitrogens with zero attached hydrogens (tertiary/aromatic N) is 2. The molecule has 2 heterocycles. The molecule has 0 aromatic heterocycles. The van der Waals surface area contributed by atoms with E-state index in [0.29, 0.717) is 5.92 Å². The average molecular weight is 500 g/mol. The normalized spacial score (nSPS) is 20.8. The van der Waals surface area contributed by atoms with Gasteiger partial charge in [-0.05, 0) is 50.5 Å². The second-order valence-corrected chi connectivity index (χ2v) is 9.54. The quantitative estimate of drug-likeness (QED) is 0.383. The monoisotopic (exact) mass is 498 g/mol. The smallest absolute Gasteiger partial charge is 0.190 e. The summed E-state index contributed by atoms with van der Waals surface area (Å²) in [5.74, 6) is 1.27. The second kappa shape index (κ2) is 6.89. The molecule has 5 rings (SSSR count). The first kappa shape index (κ1) is 18.2. The average Bonchev–Trinajstić information content (AvgIpc) is 3.12. The van der Waals surface area contributed by atoms with Crippen molar-refractivity contribution in [3.05, 3.63) is 74.7 Å². The molecule has 5 heteroatoms. The molecule has 3 aromatic rings. The Kier molecular flexibility index (Phi) is 4.48. The molecular formula is C23H20Br2N2O. The Labute approximate surface area is 181 Å². The molecule has 0 radical (unpaired) electrons. The van der Waals surface area contributed by atoms with Crippen molar-refractivity contribution in [3.8, 4) is 5.75 Å². The van der Waals surface area contributed by atoms with Crippen LogP contribution in [0.5, 0.6) is 5.75 Å². The van der Waals surface area contributed by atoms with Crippen LogP contribution >= 0.6 is 31.9 Å². The van der Waals surface area contributed by atoms with Crippen molar-refractivity contribution in [1.82, 2.24) is 5.01 Å². The maximum Gasteiger partial charge on any atom is 0.190 e. The van der Waals surface area contributed by atoms with E-state index < -0.39 is 0 Å². The van der Waals surface area contributed by atoms with Crippen molar-refractivity contribution in [2.45, 2.75) is 32.5 Å². The molecule has 0 fully saturated rings. The molecular weight excluding hydrogens is 480 g/mol. The van der Waals surface area contributed by atoms with E-state index in [4.69, 9.17) is 9.84 Å². The summed E-state index contributed by atoms with van der Waals surface area (Å²) in [5, 5.41) is 9.70. The zero-order chi connectivity index (χ0) is 19.4. The summed E-state index contributed by atoms with van der Waals surface area (Å²) >= 11 is 7.31. The van der Waals surface area contributed by atoms with Crippen LogP contribution in [0, 0.1) is 5.92 Å². The van der Waals surface area contributed by atoms with Crippen molar-refractivity contribution in [1.29, 1.82) is 0 Å². The van der Waals surface area contributed by atoms with Gasteiger partial charge in [0.25, 0.3) is 0 Å². The van der Waals surface area contributed by atoms with Crippen LogP contribution in [0.3, 0.4) is 0 Å². The van der Waals surface area contributed by atoms with Gasteiger partial charge >= 0.3 is 0 Å². The maximum atomic E-state index is 6.40. The molecule has 2 aliphatic rings. The first-order valence-electron chi connectivity index (χ1n) is 9.52. The summed E-state index contributed by atoms with van der Waals surface area (Å²) in [6.07, 6.45) is 0.800. The van der Waals surface area contributed by atoms with E-state index in [1.165, 1.54) is 21.9 Å². The summed E-state index contributed by atoms with van der Waals surface area (Å²) in [6.45, 7) is 4.37. The summed E-state index contributed by atoms with van der Waals surface area (Å²) in [5.41, 5.74) is 3.48. The minimum atomic E-state index is -0.0760. The van der Waals surface area contributed by atoms with Gasteiger partial charge in [-0.25, -0.2) is 5.01 Å². The molecule has 0 aliphatic carbocycles. The standard InChI is InChI=1S/C23H20Br2N2O/c1-13(2)23-27-21(18-10-17(24)11-19(25)22(18)28-23)12-20(26-27)16-8-7-14-5-3-4-6-15(14)9-16/h3-11,13,21,23H,12H2,1-2H3/t21-,23-/m1/s1. The molecule has 0 bridgehead atoms. The Hall–Kier alpha value is -1.85. The molecule has 0 N–H and O–H groups in total. The van der Waals surface area contributed by atoms with Crippen LogP contribution in [0.4, 0.5) is 0 Å². The number of rotatable bonds is 2. The van der Waals surface area contributed by atoms with Gasteiger partial charge in [0, 0.05) is 22.4 Å². The third-order valence-corrected chi connectivity index (χ3v) is 6.54. The molecule has 0 amide bonds. The highest BCUT2D eigenvalue weighted by atomic mass is 79.9. The maximum absolute atomic E-state index is 6.40. The van der Waals surface area contributed by atoms with Gasteiger partial charge in [0.2, 0.25) is 0 Å². The lowest BCUT2D eigenvalue weighted by Gasteiger charge is -2.40. The van der Waals surface area contributed by atoms with Crippen LogP contribution in [-0.2, 0) is 0 Å². The minimum absolute atomic E-state index is 0.0760. The molecule has 2 atom stereocenters. The zero-order valence-electron chi connectivity index (χ0n) is 15.7. The Morgan fingerprint density at radius 2 is 1.82 bits per heavy atom. The van der Waals surface area contributed by atoms with Gasteiger partial charge in [0.15, 0.2) is 6.23 Å². The van der Waals surface area contributed by atoms with Gasteiger partial charge in [-0.2, -0.15) is 5.10 Å². The van der Waals surface area contributed by atoms with Crippen LogP contribution in [0.15, 0.2) is 68.6 Å². The largest absolute Gasteiger partial charge is 0.467 e. The van der Waals surface area contributed by atoms with E-state index >= 15 is 0 Å². The van der Waals surface area contributed by atoms with E-state index in [9.17, 15) is 0 Å². The summed E-state index contributed by atoms with van der Waals surface area (Å²) in [4.78, 5) is 0. The summed E-state index contributed by atoms with van der Waals surface area (Å²) in [7, 11) is 0. The van der Waals surface area contributed by atoms with E-state index in [1.54, 1.807) is 0 Å². The Morgan fingerprint density at radius 1 is 1.04 bits per heavy atom. The number of hydrogen-bond acceptors (Lipinski definition) is 3. The first-order valence-corrected chi connectivity index (χ1v) is 11.1. The molecule has 3 aromatic carbocycles. The number of halogens is 2. The lowest BCUT2D eigenvalue weighted by molar-refractivity contribution is -0.0467. The Balaban J connectivity index is 1.59. The highest BCUT2D eigenvalue weighted by Crippen LogP contribution is 2.48. The fraction of sp³-hybridized carbons (Fsp3) is 0.261. The molecule has 0 saturated carbocycles. The van der Waals surface area contributed by atoms with Gasteiger partial charge in [-0.15, -0.1) is 0 Å². The van der Waals surface area contributed by atoms with Crippen LogP contribution < -0.4 is 4.74 Å². The number of hydrogen-bond donors (Lipinski definition) is 0. The summed E-state index contributed by atoms with van der Waals surface area (Å²) < 4.78 is 8.43. The third kappa shape index (κ3) is 2.96. The molecule has 142 valence electrons. The highest BCUT2D eigenvalue weighted by molar-refractivity contribution is 9.11. The van der Waals surface area contributed by atoms with Crippen molar-refractivity contribution in [2.24, 2.45) is 11.0 Å². The van der Waals surface area contributed by atoms with E-state index in [2.05, 4.69) is 99.2 Å². The number of fused-ring (bicyclic) bond motifs is 4. The van der Waals surface area contributed by atoms with Crippen LogP contribution in [-0.4, -0.2) is 16.9 Å². The lowest BCUT2D eigenvalue weighted by atomic mass is 9.94. The fourth-order valence-corrected chi connectivity index (χ4v) is 5.48. The second-order valence-electron chi connectivity index (χ2n) is 7.77. The fourth-order valence-electron chi connectivity index (χ4n) is 4.13. The van der Waals surface area contributed by atoms with Gasteiger partial charge in [-0.3, -0.25) is 0 Å². The van der Waals surface area contributed by atoms with Crippen molar-refractivity contribution in [3.63, 3.8) is 0 Å². The van der Waals surface area contributed by atoms with E-state index in [0.717, 1.165) is 26.8 Å². The molecule has 0 saturated heterocycles. The van der Waals surface area contributed by atoms with E-state index in [-0.39, 0.29) is 12.3 Å². The van der Waals surface area contributed by atoms with Gasteiger partial charge in [0.05, 0.1) is 16.2 Å². The third-order valence-electron chi connectivity index (χ3n) is 5.49. The summed E-state index contributed by atoms with van der Waals surface area (Å²) in [6, 6.07) is 19.5. The highest BCUT2D eigenvalue weighted by Gasteiger charge is 2.42. The molecule has 0 spiro atoms. The molecule has 28 heavy (non-hydrogen) atoms. The van der Waals surface area contributed by atoms with Crippen molar-refractivity contribution >= 4 is 48.3 Å². The molecule has 2 aliphatic heterocycles. The van der Waals surface area contributed by atoms with Gasteiger partial charge in [0.1, 0.15) is 5.75 Å².